The van der Waals surface area contributed by atoms with E-state index >= 15 is 0 Å². The number of carbonyl (C=O) groups excluding carboxylic acids is 3. The summed E-state index contributed by atoms with van der Waals surface area (Å²) in [6, 6.07) is 25.2. The van der Waals surface area contributed by atoms with Gasteiger partial charge in [-0.2, -0.15) is 0 Å². The lowest BCUT2D eigenvalue weighted by atomic mass is 9.52. The molecule has 1 fully saturated rings. The number of rotatable bonds is 5. The third-order valence-electron chi connectivity index (χ3n) is 9.27. The fraction of sp³-hybridized carbons (Fsp3) is 0.294. The van der Waals surface area contributed by atoms with E-state index in [0.717, 1.165) is 5.69 Å². The molecule has 212 valence electrons. The van der Waals surface area contributed by atoms with Crippen LogP contribution in [0.4, 0.5) is 10.8 Å². The van der Waals surface area contributed by atoms with Gasteiger partial charge in [-0.05, 0) is 54.7 Å². The Bertz CT molecular complexity index is 1660. The number of aryl methyl sites for hydroxylation is 1. The molecule has 8 rings (SSSR count). The van der Waals surface area contributed by atoms with Crippen LogP contribution in [-0.4, -0.2) is 53.7 Å². The van der Waals surface area contributed by atoms with Crippen molar-refractivity contribution in [3.63, 3.8) is 0 Å². The lowest BCUT2D eigenvalue weighted by Crippen LogP contribution is -2.50. The van der Waals surface area contributed by atoms with Crippen LogP contribution in [0.1, 0.15) is 63.5 Å². The number of hydrogen-bond donors (Lipinski definition) is 1. The van der Waals surface area contributed by atoms with E-state index in [1.54, 1.807) is 10.3 Å². The number of benzene rings is 3. The van der Waals surface area contributed by atoms with Gasteiger partial charge in [0.05, 0.1) is 5.41 Å². The molecule has 3 aliphatic carbocycles. The molecule has 1 atom stereocenters. The highest BCUT2D eigenvalue weighted by atomic mass is 32.1. The van der Waals surface area contributed by atoms with Crippen molar-refractivity contribution in [2.75, 3.05) is 36.4 Å². The number of hydrogen-bond acceptors (Lipinski definition) is 6. The first-order valence-corrected chi connectivity index (χ1v) is 15.3. The Labute approximate surface area is 249 Å². The summed E-state index contributed by atoms with van der Waals surface area (Å²) < 4.78 is 0. The van der Waals surface area contributed by atoms with Crippen molar-refractivity contribution in [2.45, 2.75) is 32.1 Å². The van der Waals surface area contributed by atoms with E-state index < -0.39 is 17.1 Å². The number of thiazole rings is 1. The van der Waals surface area contributed by atoms with Crippen molar-refractivity contribution < 1.29 is 14.4 Å². The Morgan fingerprint density at radius 1 is 0.857 bits per heavy atom. The van der Waals surface area contributed by atoms with Crippen LogP contribution in [0.3, 0.4) is 0 Å². The minimum atomic E-state index is -0.684. The maximum Gasteiger partial charge on any atom is 0.296 e. The third-order valence-corrected chi connectivity index (χ3v) is 10.0. The third kappa shape index (κ3) is 4.32. The molecule has 2 bridgehead atoms. The van der Waals surface area contributed by atoms with Crippen LogP contribution in [0.5, 0.6) is 0 Å². The fourth-order valence-corrected chi connectivity index (χ4v) is 7.73. The van der Waals surface area contributed by atoms with Crippen molar-refractivity contribution in [3.05, 3.63) is 112 Å². The molecule has 0 spiro atoms. The maximum atomic E-state index is 13.9. The maximum absolute atomic E-state index is 13.9. The number of amides is 2. The average molecular weight is 577 g/mol. The van der Waals surface area contributed by atoms with Gasteiger partial charge in [0.2, 0.25) is 5.91 Å². The smallest absolute Gasteiger partial charge is 0.296 e. The highest BCUT2D eigenvalue weighted by Crippen LogP contribution is 2.61. The monoisotopic (exact) mass is 576 g/mol. The SMILES string of the molecule is Cc1ccc(N2CCN(C(=O)C(=O)c3csc(NC(=O)C4(C)CC5c6ccccc6C4c4ccccc45)n3)CC2)cc1. The van der Waals surface area contributed by atoms with Crippen molar-refractivity contribution in [2.24, 2.45) is 5.41 Å². The van der Waals surface area contributed by atoms with Gasteiger partial charge in [-0.15, -0.1) is 11.3 Å². The van der Waals surface area contributed by atoms with Crippen molar-refractivity contribution in [1.29, 1.82) is 0 Å². The molecular formula is C34H32N4O3S. The van der Waals surface area contributed by atoms with E-state index in [0.29, 0.717) is 37.7 Å². The number of fused-ring (bicyclic) bond motifs is 1. The first kappa shape index (κ1) is 26.6. The van der Waals surface area contributed by atoms with E-state index in [1.807, 2.05) is 19.1 Å². The first-order valence-electron chi connectivity index (χ1n) is 14.4. The van der Waals surface area contributed by atoms with Crippen LogP contribution >= 0.6 is 11.3 Å². The summed E-state index contributed by atoms with van der Waals surface area (Å²) in [5.74, 6) is -1.23. The van der Waals surface area contributed by atoms with Crippen molar-refractivity contribution >= 4 is 39.8 Å². The molecule has 3 aromatic carbocycles. The largest absolute Gasteiger partial charge is 0.368 e. The predicted molar refractivity (Wildman–Crippen MR) is 164 cm³/mol. The molecule has 2 amide bonds. The Kier molecular flexibility index (Phi) is 6.46. The fourth-order valence-electron chi connectivity index (χ4n) is 7.04. The minimum absolute atomic E-state index is 0.0730. The number of anilines is 2. The number of piperazine rings is 1. The Hall–Kier alpha value is -4.30. The van der Waals surface area contributed by atoms with Crippen molar-refractivity contribution in [3.8, 4) is 0 Å². The van der Waals surface area contributed by atoms with E-state index in [-0.39, 0.29) is 23.4 Å². The zero-order valence-electron chi connectivity index (χ0n) is 23.7. The Balaban J connectivity index is 1.04. The quantitative estimate of drug-likeness (QED) is 0.247. The molecule has 0 radical (unpaired) electrons. The first-order chi connectivity index (χ1) is 20.3. The number of carbonyl (C=O) groups is 3. The molecule has 1 aliphatic heterocycles. The predicted octanol–water partition coefficient (Wildman–Crippen LogP) is 5.61. The van der Waals surface area contributed by atoms with Crippen LogP contribution in [0.25, 0.3) is 0 Å². The summed E-state index contributed by atoms with van der Waals surface area (Å²) in [6.45, 7) is 6.35. The molecule has 2 heterocycles. The highest BCUT2D eigenvalue weighted by Gasteiger charge is 2.54. The standard InChI is InChI=1S/C34H32N4O3S/c1-21-11-13-22(14-12-21)37-15-17-38(18-16-37)31(40)30(39)28-20-42-33(35-28)36-32(41)34(2)19-27-23-7-3-5-9-25(23)29(34)26-10-6-4-8-24(26)27/h3-14,20,27,29H,15-19H2,1-2H3,(H,35,36,41). The number of ketones is 1. The van der Waals surface area contributed by atoms with Crippen molar-refractivity contribution in [1.82, 2.24) is 9.88 Å². The van der Waals surface area contributed by atoms with E-state index in [1.165, 1.54) is 39.2 Å². The molecule has 1 aromatic heterocycles. The molecule has 1 saturated heterocycles. The second-order valence-corrected chi connectivity index (χ2v) is 12.7. The molecule has 4 aliphatic rings. The lowest BCUT2D eigenvalue weighted by molar-refractivity contribution is -0.127. The number of nitrogens with zero attached hydrogens (tertiary/aromatic N) is 3. The van der Waals surface area contributed by atoms with Gasteiger partial charge in [-0.1, -0.05) is 66.2 Å². The number of Topliss-reactive ketones (excluding diaryl/α,β-unsaturated/α-hetero) is 1. The van der Waals surface area contributed by atoms with Gasteiger partial charge in [0, 0.05) is 49.1 Å². The van der Waals surface area contributed by atoms with Gasteiger partial charge in [0.1, 0.15) is 5.69 Å². The lowest BCUT2D eigenvalue weighted by Gasteiger charge is -2.50. The van der Waals surface area contributed by atoms with E-state index in [4.69, 9.17) is 0 Å². The summed E-state index contributed by atoms with van der Waals surface area (Å²) >= 11 is 1.18. The summed E-state index contributed by atoms with van der Waals surface area (Å²) in [6.07, 6.45) is 0.696. The van der Waals surface area contributed by atoms with Crippen LogP contribution in [0, 0.1) is 12.3 Å². The molecule has 7 nitrogen and oxygen atoms in total. The summed E-state index contributed by atoms with van der Waals surface area (Å²) in [4.78, 5) is 48.3. The molecule has 1 N–H and O–H groups in total. The van der Waals surface area contributed by atoms with Gasteiger partial charge in [0.15, 0.2) is 5.13 Å². The van der Waals surface area contributed by atoms with Gasteiger partial charge in [-0.25, -0.2) is 4.98 Å². The number of aromatic nitrogens is 1. The van der Waals surface area contributed by atoms with Gasteiger partial charge < -0.3 is 15.1 Å². The van der Waals surface area contributed by atoms with Crippen LogP contribution in [0.2, 0.25) is 0 Å². The molecule has 8 heteroatoms. The van der Waals surface area contributed by atoms with Gasteiger partial charge >= 0.3 is 0 Å². The Morgan fingerprint density at radius 3 is 2.07 bits per heavy atom. The summed E-state index contributed by atoms with van der Waals surface area (Å²) in [5, 5.41) is 4.91. The normalized spacial score (nSPS) is 22.3. The van der Waals surface area contributed by atoms with Gasteiger partial charge in [-0.3, -0.25) is 14.4 Å². The van der Waals surface area contributed by atoms with Crippen LogP contribution in [-0.2, 0) is 9.59 Å². The average Bonchev–Trinajstić information content (AvgIpc) is 3.49. The van der Waals surface area contributed by atoms with Crippen LogP contribution in [0.15, 0.2) is 78.2 Å². The van der Waals surface area contributed by atoms with Gasteiger partial charge in [0.25, 0.3) is 11.7 Å². The summed E-state index contributed by atoms with van der Waals surface area (Å²) in [5.41, 5.74) is 6.71. The minimum Gasteiger partial charge on any atom is -0.368 e. The number of nitrogens with one attached hydrogen (secondary N) is 1. The second-order valence-electron chi connectivity index (χ2n) is 11.8. The molecule has 0 saturated carbocycles. The van der Waals surface area contributed by atoms with Crippen LogP contribution < -0.4 is 10.2 Å². The molecule has 1 unspecified atom stereocenters. The van der Waals surface area contributed by atoms with E-state index in [9.17, 15) is 14.4 Å². The Morgan fingerprint density at radius 2 is 1.45 bits per heavy atom. The highest BCUT2D eigenvalue weighted by molar-refractivity contribution is 7.14. The second kappa shape index (κ2) is 10.2. The zero-order valence-corrected chi connectivity index (χ0v) is 24.5. The molecule has 4 aromatic rings. The zero-order chi connectivity index (χ0) is 29.0. The summed E-state index contributed by atoms with van der Waals surface area (Å²) in [7, 11) is 0. The molecule has 42 heavy (non-hydrogen) atoms. The van der Waals surface area contributed by atoms with E-state index in [2.05, 4.69) is 82.8 Å². The topological polar surface area (TPSA) is 82.6 Å². The molecular weight excluding hydrogens is 544 g/mol.